The molecule has 0 saturated heterocycles. The summed E-state index contributed by atoms with van der Waals surface area (Å²) in [5.74, 6) is 0.382. The summed E-state index contributed by atoms with van der Waals surface area (Å²) in [4.78, 5) is 15.3. The molecule has 0 radical (unpaired) electrons. The SMILES string of the molecule is CC.Cc1cncc(NC(=O)C2CC2)c1. The summed E-state index contributed by atoms with van der Waals surface area (Å²) in [5, 5.41) is 2.84. The number of pyridine rings is 1. The molecule has 1 amide bonds. The minimum atomic E-state index is 0.132. The highest BCUT2D eigenvalue weighted by Crippen LogP contribution is 2.30. The van der Waals surface area contributed by atoms with Gasteiger partial charge in [-0.05, 0) is 31.4 Å². The van der Waals surface area contributed by atoms with Gasteiger partial charge in [-0.15, -0.1) is 0 Å². The number of nitrogens with one attached hydrogen (secondary N) is 1. The topological polar surface area (TPSA) is 42.0 Å². The fraction of sp³-hybridized carbons (Fsp3) is 0.500. The van der Waals surface area contributed by atoms with Crippen molar-refractivity contribution in [1.82, 2.24) is 4.98 Å². The second kappa shape index (κ2) is 5.49. The Morgan fingerprint density at radius 1 is 1.40 bits per heavy atom. The first-order chi connectivity index (χ1) is 7.25. The lowest BCUT2D eigenvalue weighted by molar-refractivity contribution is -0.117. The Morgan fingerprint density at radius 3 is 2.60 bits per heavy atom. The van der Waals surface area contributed by atoms with Gasteiger partial charge in [0.25, 0.3) is 0 Å². The minimum Gasteiger partial charge on any atom is -0.324 e. The van der Waals surface area contributed by atoms with Crippen molar-refractivity contribution < 1.29 is 4.79 Å². The number of anilines is 1. The molecule has 1 N–H and O–H groups in total. The van der Waals surface area contributed by atoms with Gasteiger partial charge in [0.1, 0.15) is 0 Å². The van der Waals surface area contributed by atoms with Crippen LogP contribution in [0.4, 0.5) is 5.69 Å². The van der Waals surface area contributed by atoms with Crippen molar-refractivity contribution >= 4 is 11.6 Å². The lowest BCUT2D eigenvalue weighted by Gasteiger charge is -2.03. The first-order valence-corrected chi connectivity index (χ1v) is 5.48. The molecule has 1 saturated carbocycles. The molecule has 0 bridgehead atoms. The minimum absolute atomic E-state index is 0.132. The number of amides is 1. The second-order valence-electron chi connectivity index (χ2n) is 3.51. The van der Waals surface area contributed by atoms with Crippen molar-refractivity contribution in [3.63, 3.8) is 0 Å². The molecule has 0 spiro atoms. The van der Waals surface area contributed by atoms with Crippen LogP contribution in [0.5, 0.6) is 0 Å². The van der Waals surface area contributed by atoms with Gasteiger partial charge in [-0.3, -0.25) is 9.78 Å². The van der Waals surface area contributed by atoms with Crippen LogP contribution in [0.15, 0.2) is 18.5 Å². The Morgan fingerprint density at radius 2 is 2.07 bits per heavy atom. The van der Waals surface area contributed by atoms with E-state index in [2.05, 4.69) is 10.3 Å². The maximum atomic E-state index is 11.3. The number of hydrogen-bond donors (Lipinski definition) is 1. The Balaban J connectivity index is 0.000000531. The van der Waals surface area contributed by atoms with Crippen LogP contribution in [-0.2, 0) is 4.79 Å². The molecule has 3 nitrogen and oxygen atoms in total. The van der Waals surface area contributed by atoms with Crippen LogP contribution >= 0.6 is 0 Å². The highest BCUT2D eigenvalue weighted by molar-refractivity contribution is 5.93. The molecule has 0 unspecified atom stereocenters. The number of hydrogen-bond acceptors (Lipinski definition) is 2. The van der Waals surface area contributed by atoms with Gasteiger partial charge in [-0.1, -0.05) is 13.8 Å². The third-order valence-electron chi connectivity index (χ3n) is 2.09. The summed E-state index contributed by atoms with van der Waals surface area (Å²) >= 11 is 0. The van der Waals surface area contributed by atoms with E-state index in [9.17, 15) is 4.79 Å². The van der Waals surface area contributed by atoms with Crippen LogP contribution < -0.4 is 5.32 Å². The lowest BCUT2D eigenvalue weighted by atomic mass is 10.3. The average Bonchev–Trinajstić information content (AvgIpc) is 3.04. The van der Waals surface area contributed by atoms with E-state index in [4.69, 9.17) is 0 Å². The molecule has 1 aromatic rings. The third-order valence-corrected chi connectivity index (χ3v) is 2.09. The zero-order chi connectivity index (χ0) is 11.3. The standard InChI is InChI=1S/C10H12N2O.C2H6/c1-7-4-9(6-11-5-7)12-10(13)8-2-3-8;1-2/h4-6,8H,2-3H2,1H3,(H,12,13);1-2H3. The maximum Gasteiger partial charge on any atom is 0.227 e. The van der Waals surface area contributed by atoms with Crippen LogP contribution in [0, 0.1) is 12.8 Å². The summed E-state index contributed by atoms with van der Waals surface area (Å²) in [5.41, 5.74) is 1.87. The van der Waals surface area contributed by atoms with Crippen LogP contribution in [0.25, 0.3) is 0 Å². The van der Waals surface area contributed by atoms with Gasteiger partial charge in [0.2, 0.25) is 5.91 Å². The van der Waals surface area contributed by atoms with E-state index in [0.717, 1.165) is 24.1 Å². The highest BCUT2D eigenvalue weighted by Gasteiger charge is 2.29. The number of aryl methyl sites for hydroxylation is 1. The van der Waals surface area contributed by atoms with Crippen molar-refractivity contribution in [1.29, 1.82) is 0 Å². The molecular weight excluding hydrogens is 188 g/mol. The van der Waals surface area contributed by atoms with Gasteiger partial charge < -0.3 is 5.32 Å². The Bertz CT molecular complexity index is 332. The highest BCUT2D eigenvalue weighted by atomic mass is 16.2. The quantitative estimate of drug-likeness (QED) is 0.808. The fourth-order valence-corrected chi connectivity index (χ4v) is 1.21. The molecule has 1 aliphatic rings. The van der Waals surface area contributed by atoms with E-state index in [1.807, 2.05) is 26.8 Å². The Labute approximate surface area is 90.9 Å². The molecule has 82 valence electrons. The molecule has 0 aromatic carbocycles. The van der Waals surface area contributed by atoms with E-state index in [0.29, 0.717) is 0 Å². The van der Waals surface area contributed by atoms with Crippen molar-refractivity contribution in [2.45, 2.75) is 33.6 Å². The first-order valence-electron chi connectivity index (χ1n) is 5.48. The molecule has 0 atom stereocenters. The summed E-state index contributed by atoms with van der Waals surface area (Å²) in [6, 6.07) is 1.92. The van der Waals surface area contributed by atoms with Crippen molar-refractivity contribution in [2.75, 3.05) is 5.32 Å². The van der Waals surface area contributed by atoms with Crippen molar-refractivity contribution in [2.24, 2.45) is 5.92 Å². The largest absolute Gasteiger partial charge is 0.324 e. The smallest absolute Gasteiger partial charge is 0.227 e. The molecule has 15 heavy (non-hydrogen) atoms. The third kappa shape index (κ3) is 3.70. The van der Waals surface area contributed by atoms with E-state index >= 15 is 0 Å². The van der Waals surface area contributed by atoms with E-state index < -0.39 is 0 Å². The zero-order valence-corrected chi connectivity index (χ0v) is 9.58. The first kappa shape index (κ1) is 11.7. The molecule has 1 aromatic heterocycles. The number of rotatable bonds is 2. The second-order valence-corrected chi connectivity index (χ2v) is 3.51. The Kier molecular flexibility index (Phi) is 4.28. The fourth-order valence-electron chi connectivity index (χ4n) is 1.21. The van der Waals surface area contributed by atoms with E-state index in [-0.39, 0.29) is 11.8 Å². The van der Waals surface area contributed by atoms with Crippen LogP contribution in [0.1, 0.15) is 32.3 Å². The summed E-state index contributed by atoms with van der Waals surface area (Å²) in [6.07, 6.45) is 5.51. The predicted molar refractivity (Wildman–Crippen MR) is 61.7 cm³/mol. The van der Waals surface area contributed by atoms with E-state index in [1.165, 1.54) is 0 Å². The summed E-state index contributed by atoms with van der Waals surface area (Å²) < 4.78 is 0. The molecule has 2 rings (SSSR count). The lowest BCUT2D eigenvalue weighted by Crippen LogP contribution is -2.13. The summed E-state index contributed by atoms with van der Waals surface area (Å²) in [6.45, 7) is 5.96. The molecular formula is C12H18N2O. The monoisotopic (exact) mass is 206 g/mol. The summed E-state index contributed by atoms with van der Waals surface area (Å²) in [7, 11) is 0. The van der Waals surface area contributed by atoms with E-state index in [1.54, 1.807) is 12.4 Å². The van der Waals surface area contributed by atoms with Gasteiger partial charge in [0, 0.05) is 12.1 Å². The van der Waals surface area contributed by atoms with Crippen LogP contribution in [0.3, 0.4) is 0 Å². The van der Waals surface area contributed by atoms with Gasteiger partial charge in [-0.25, -0.2) is 0 Å². The average molecular weight is 206 g/mol. The van der Waals surface area contributed by atoms with Gasteiger partial charge in [0.05, 0.1) is 11.9 Å². The molecule has 1 fully saturated rings. The van der Waals surface area contributed by atoms with Gasteiger partial charge in [-0.2, -0.15) is 0 Å². The van der Waals surface area contributed by atoms with Gasteiger partial charge >= 0.3 is 0 Å². The van der Waals surface area contributed by atoms with Gasteiger partial charge in [0.15, 0.2) is 0 Å². The molecule has 0 aliphatic heterocycles. The number of carbonyl (C=O) groups is 1. The number of nitrogens with zero attached hydrogens (tertiary/aromatic N) is 1. The number of carbonyl (C=O) groups excluding carboxylic acids is 1. The molecule has 1 heterocycles. The van der Waals surface area contributed by atoms with Crippen molar-refractivity contribution in [3.05, 3.63) is 24.0 Å². The molecule has 1 aliphatic carbocycles. The normalized spacial score (nSPS) is 13.8. The zero-order valence-electron chi connectivity index (χ0n) is 9.58. The van der Waals surface area contributed by atoms with Crippen LogP contribution in [0.2, 0.25) is 0 Å². The molecule has 3 heteroatoms. The number of aromatic nitrogens is 1. The predicted octanol–water partition coefficient (Wildman–Crippen LogP) is 2.76. The Hall–Kier alpha value is -1.38. The maximum absolute atomic E-state index is 11.3. The van der Waals surface area contributed by atoms with Crippen LogP contribution in [-0.4, -0.2) is 10.9 Å². The van der Waals surface area contributed by atoms with Crippen molar-refractivity contribution in [3.8, 4) is 0 Å².